The maximum absolute atomic E-state index is 13.0. The molecule has 2 N–H and O–H groups in total. The molecule has 4 rings (SSSR count). The van der Waals surface area contributed by atoms with Crippen molar-refractivity contribution in [2.75, 3.05) is 13.2 Å². The van der Waals surface area contributed by atoms with E-state index in [0.29, 0.717) is 18.6 Å². The van der Waals surface area contributed by atoms with Gasteiger partial charge in [-0.2, -0.15) is 0 Å². The molecule has 1 saturated heterocycles. The lowest BCUT2D eigenvalue weighted by Crippen LogP contribution is -2.44. The molecule has 0 aromatic heterocycles. The molecule has 0 unspecified atom stereocenters. The second-order valence-corrected chi connectivity index (χ2v) is 7.61. The first-order chi connectivity index (χ1) is 13.9. The van der Waals surface area contributed by atoms with Crippen LogP contribution in [0.5, 0.6) is 5.75 Å². The van der Waals surface area contributed by atoms with E-state index in [-0.39, 0.29) is 18.5 Å². The van der Waals surface area contributed by atoms with Crippen molar-refractivity contribution in [2.45, 2.75) is 31.8 Å². The van der Waals surface area contributed by atoms with Crippen LogP contribution in [0.2, 0.25) is 0 Å². The minimum absolute atomic E-state index is 0.211. The molecule has 1 fully saturated rings. The molecule has 150 valence electrons. The summed E-state index contributed by atoms with van der Waals surface area (Å²) in [5.41, 5.74) is 1.45. The first-order valence-corrected chi connectivity index (χ1v) is 9.61. The smallest absolute Gasteiger partial charge is 0.325 e. The number of nitrogens with one attached hydrogen (secondary N) is 2. The number of imide groups is 1. The van der Waals surface area contributed by atoms with Crippen LogP contribution < -0.4 is 15.4 Å². The molecule has 0 saturated carbocycles. The number of para-hydroxylation sites is 1. The number of carbonyl (C=O) groups is 3. The van der Waals surface area contributed by atoms with E-state index in [4.69, 9.17) is 4.74 Å². The number of amides is 4. The van der Waals surface area contributed by atoms with Crippen molar-refractivity contribution in [3.05, 3.63) is 65.2 Å². The number of ether oxygens (including phenoxy) is 1. The largest absolute Gasteiger partial charge is 0.493 e. The Morgan fingerprint density at radius 2 is 1.93 bits per heavy atom. The average Bonchev–Trinajstić information content (AvgIpc) is 2.92. The highest BCUT2D eigenvalue weighted by Crippen LogP contribution is 2.32. The molecule has 2 atom stereocenters. The van der Waals surface area contributed by atoms with E-state index in [0.717, 1.165) is 21.8 Å². The molecule has 2 heterocycles. The van der Waals surface area contributed by atoms with Gasteiger partial charge in [-0.3, -0.25) is 14.5 Å². The van der Waals surface area contributed by atoms with Crippen molar-refractivity contribution in [3.8, 4) is 5.75 Å². The highest BCUT2D eigenvalue weighted by Gasteiger charge is 2.49. The van der Waals surface area contributed by atoms with Crippen molar-refractivity contribution >= 4 is 17.8 Å². The van der Waals surface area contributed by atoms with Crippen LogP contribution in [0.3, 0.4) is 0 Å². The summed E-state index contributed by atoms with van der Waals surface area (Å²) in [6.07, 6.45) is 0.629. The summed E-state index contributed by atoms with van der Waals surface area (Å²) < 4.78 is 5.61. The minimum Gasteiger partial charge on any atom is -0.493 e. The van der Waals surface area contributed by atoms with E-state index in [1.54, 1.807) is 6.92 Å². The zero-order chi connectivity index (χ0) is 20.6. The molecule has 0 radical (unpaired) electrons. The van der Waals surface area contributed by atoms with Gasteiger partial charge in [0.2, 0.25) is 5.91 Å². The maximum atomic E-state index is 13.0. The maximum Gasteiger partial charge on any atom is 0.325 e. The summed E-state index contributed by atoms with van der Waals surface area (Å²) >= 11 is 0. The van der Waals surface area contributed by atoms with Crippen LogP contribution in [0.1, 0.15) is 36.1 Å². The number of aryl methyl sites for hydroxylation is 1. The number of urea groups is 1. The summed E-state index contributed by atoms with van der Waals surface area (Å²) in [6.45, 7) is 3.78. The van der Waals surface area contributed by atoms with Crippen LogP contribution in [0, 0.1) is 6.92 Å². The van der Waals surface area contributed by atoms with Gasteiger partial charge in [-0.25, -0.2) is 4.79 Å². The summed E-state index contributed by atoms with van der Waals surface area (Å²) in [6, 6.07) is 14.2. The Labute approximate surface area is 169 Å². The van der Waals surface area contributed by atoms with Crippen molar-refractivity contribution in [1.29, 1.82) is 0 Å². The minimum atomic E-state index is -1.18. The summed E-state index contributed by atoms with van der Waals surface area (Å²) in [4.78, 5) is 39.1. The van der Waals surface area contributed by atoms with Crippen molar-refractivity contribution in [2.24, 2.45) is 0 Å². The van der Waals surface area contributed by atoms with Crippen LogP contribution in [-0.4, -0.2) is 35.9 Å². The second kappa shape index (κ2) is 7.24. The molecule has 2 aliphatic heterocycles. The van der Waals surface area contributed by atoms with Gasteiger partial charge in [-0.05, 0) is 25.5 Å². The molecule has 2 aromatic carbocycles. The molecule has 0 spiro atoms. The fourth-order valence-corrected chi connectivity index (χ4v) is 3.80. The van der Waals surface area contributed by atoms with Crippen molar-refractivity contribution in [1.82, 2.24) is 15.5 Å². The third-order valence-electron chi connectivity index (χ3n) is 5.50. The van der Waals surface area contributed by atoms with Crippen LogP contribution in [0.15, 0.2) is 48.5 Å². The van der Waals surface area contributed by atoms with E-state index in [1.807, 2.05) is 55.5 Å². The third kappa shape index (κ3) is 3.44. The number of carbonyl (C=O) groups excluding carboxylic acids is 3. The molecule has 0 aliphatic carbocycles. The molecule has 7 heteroatoms. The van der Waals surface area contributed by atoms with Gasteiger partial charge in [0.15, 0.2) is 0 Å². The highest BCUT2D eigenvalue weighted by molar-refractivity contribution is 6.09. The summed E-state index contributed by atoms with van der Waals surface area (Å²) in [5.74, 6) is -0.0803. The lowest BCUT2D eigenvalue weighted by Gasteiger charge is -2.27. The molecule has 0 bridgehead atoms. The Morgan fingerprint density at radius 3 is 2.69 bits per heavy atom. The zero-order valence-electron chi connectivity index (χ0n) is 16.4. The Balaban J connectivity index is 1.47. The summed E-state index contributed by atoms with van der Waals surface area (Å²) in [5, 5.41) is 5.65. The van der Waals surface area contributed by atoms with Crippen LogP contribution in [-0.2, 0) is 15.1 Å². The first-order valence-electron chi connectivity index (χ1n) is 9.61. The van der Waals surface area contributed by atoms with Gasteiger partial charge in [0.05, 0.1) is 12.6 Å². The Hall–Kier alpha value is -3.35. The number of hydrogen-bond donors (Lipinski definition) is 2. The fraction of sp³-hybridized carbons (Fsp3) is 0.318. The van der Waals surface area contributed by atoms with E-state index < -0.39 is 17.5 Å². The van der Waals surface area contributed by atoms with Crippen molar-refractivity contribution < 1.29 is 19.1 Å². The van der Waals surface area contributed by atoms with Gasteiger partial charge in [-0.1, -0.05) is 48.0 Å². The zero-order valence-corrected chi connectivity index (χ0v) is 16.4. The second-order valence-electron chi connectivity index (χ2n) is 7.61. The molecular formula is C22H23N3O4. The van der Waals surface area contributed by atoms with Crippen LogP contribution >= 0.6 is 0 Å². The summed E-state index contributed by atoms with van der Waals surface area (Å²) in [7, 11) is 0. The first kappa shape index (κ1) is 19.0. The Morgan fingerprint density at radius 1 is 1.21 bits per heavy atom. The standard InChI is InChI=1S/C22H23N3O4/c1-14-7-9-15(10-8-14)22(2)20(27)25(21(28)24-22)13-19(26)23-17-11-12-29-18-6-4-3-5-16(17)18/h3-10,17H,11-13H2,1-2H3,(H,23,26)(H,24,28)/t17-,22-/m1/s1. The Bertz CT molecular complexity index is 972. The topological polar surface area (TPSA) is 87.7 Å². The third-order valence-corrected chi connectivity index (χ3v) is 5.50. The van der Waals surface area contributed by atoms with Crippen LogP contribution in [0.25, 0.3) is 0 Å². The number of nitrogens with zero attached hydrogens (tertiary/aromatic N) is 1. The number of benzene rings is 2. The van der Waals surface area contributed by atoms with E-state index in [9.17, 15) is 14.4 Å². The molecule has 2 aromatic rings. The van der Waals surface area contributed by atoms with Crippen molar-refractivity contribution in [3.63, 3.8) is 0 Å². The van der Waals surface area contributed by atoms with Gasteiger partial charge in [0.1, 0.15) is 17.8 Å². The molecule has 4 amide bonds. The highest BCUT2D eigenvalue weighted by atomic mass is 16.5. The number of hydrogen-bond acceptors (Lipinski definition) is 4. The van der Waals surface area contributed by atoms with Gasteiger partial charge >= 0.3 is 6.03 Å². The van der Waals surface area contributed by atoms with Gasteiger partial charge in [0, 0.05) is 12.0 Å². The molecule has 2 aliphatic rings. The number of fused-ring (bicyclic) bond motifs is 1. The predicted octanol–water partition coefficient (Wildman–Crippen LogP) is 2.40. The number of rotatable bonds is 4. The predicted molar refractivity (Wildman–Crippen MR) is 106 cm³/mol. The molecule has 29 heavy (non-hydrogen) atoms. The average molecular weight is 393 g/mol. The Kier molecular flexibility index (Phi) is 4.74. The lowest BCUT2D eigenvalue weighted by atomic mass is 9.91. The SMILES string of the molecule is Cc1ccc([C@@]2(C)NC(=O)N(CC(=O)N[C@@H]3CCOc4ccccc43)C2=O)cc1. The molecule has 7 nitrogen and oxygen atoms in total. The van der Waals surface area contributed by atoms with Crippen LogP contribution in [0.4, 0.5) is 4.79 Å². The fourth-order valence-electron chi connectivity index (χ4n) is 3.80. The monoisotopic (exact) mass is 393 g/mol. The normalized spacial score (nSPS) is 23.2. The van der Waals surface area contributed by atoms with Gasteiger partial charge in [-0.15, -0.1) is 0 Å². The lowest BCUT2D eigenvalue weighted by molar-refractivity contribution is -0.135. The molecular weight excluding hydrogens is 370 g/mol. The van der Waals surface area contributed by atoms with E-state index >= 15 is 0 Å². The quantitative estimate of drug-likeness (QED) is 0.781. The van der Waals surface area contributed by atoms with E-state index in [2.05, 4.69) is 10.6 Å². The van der Waals surface area contributed by atoms with Gasteiger partial charge in [0.25, 0.3) is 5.91 Å². The van der Waals surface area contributed by atoms with Gasteiger partial charge < -0.3 is 15.4 Å². The van der Waals surface area contributed by atoms with E-state index in [1.165, 1.54) is 0 Å².